The number of benzene rings is 1. The van der Waals surface area contributed by atoms with Crippen molar-refractivity contribution in [3.05, 3.63) is 35.9 Å². The number of likely N-dealkylation sites (tertiary alicyclic amines) is 1. The summed E-state index contributed by atoms with van der Waals surface area (Å²) in [5.41, 5.74) is 0.167. The summed E-state index contributed by atoms with van der Waals surface area (Å²) in [6, 6.07) is 8.67. The number of rotatable bonds is 4. The molecule has 1 heterocycles. The summed E-state index contributed by atoms with van der Waals surface area (Å²) in [6.45, 7) is 5.51. The molecule has 1 aliphatic heterocycles. The van der Waals surface area contributed by atoms with Gasteiger partial charge in [-0.05, 0) is 32.8 Å². The summed E-state index contributed by atoms with van der Waals surface area (Å²) in [7, 11) is 0. The Hall–Kier alpha value is -2.77. The van der Waals surface area contributed by atoms with Gasteiger partial charge in [0.2, 0.25) is 0 Å². The van der Waals surface area contributed by atoms with Crippen molar-refractivity contribution in [2.75, 3.05) is 13.1 Å². The molecule has 27 heavy (non-hydrogen) atoms. The molecule has 1 aromatic rings. The Morgan fingerprint density at radius 3 is 2.44 bits per heavy atom. The molecule has 1 fully saturated rings. The monoisotopic (exact) mass is 378 g/mol. The van der Waals surface area contributed by atoms with E-state index in [2.05, 4.69) is 5.32 Å². The number of nitrogens with one attached hydrogen (secondary N) is 1. The van der Waals surface area contributed by atoms with Gasteiger partial charge in [-0.2, -0.15) is 0 Å². The van der Waals surface area contributed by atoms with E-state index in [0.717, 1.165) is 5.56 Å². The summed E-state index contributed by atoms with van der Waals surface area (Å²) < 4.78 is 10.5. The van der Waals surface area contributed by atoms with Crippen LogP contribution in [0.5, 0.6) is 0 Å². The van der Waals surface area contributed by atoms with Crippen molar-refractivity contribution >= 4 is 18.2 Å². The van der Waals surface area contributed by atoms with Crippen LogP contribution in [-0.4, -0.2) is 52.9 Å². The van der Waals surface area contributed by atoms with Gasteiger partial charge in [-0.1, -0.05) is 30.3 Å². The minimum absolute atomic E-state index is 0.0372. The third kappa shape index (κ3) is 6.80. The van der Waals surface area contributed by atoms with Gasteiger partial charge >= 0.3 is 18.2 Å². The van der Waals surface area contributed by atoms with Crippen molar-refractivity contribution in [1.29, 1.82) is 0 Å². The molecule has 2 N–H and O–H groups in total. The highest BCUT2D eigenvalue weighted by Gasteiger charge is 2.35. The first-order valence-electron chi connectivity index (χ1n) is 8.82. The quantitative estimate of drug-likeness (QED) is 0.834. The van der Waals surface area contributed by atoms with E-state index in [0.29, 0.717) is 0 Å². The molecule has 2 amide bonds. The molecule has 0 aliphatic carbocycles. The second kappa shape index (κ2) is 8.75. The fourth-order valence-electron chi connectivity index (χ4n) is 2.82. The Morgan fingerprint density at radius 1 is 1.19 bits per heavy atom. The number of nitrogens with zero attached hydrogens (tertiary/aromatic N) is 1. The van der Waals surface area contributed by atoms with E-state index >= 15 is 0 Å². The normalized spacial score (nSPS) is 19.9. The third-order valence-electron chi connectivity index (χ3n) is 3.98. The number of hydrogen-bond donors (Lipinski definition) is 2. The van der Waals surface area contributed by atoms with Gasteiger partial charge in [0.15, 0.2) is 0 Å². The topological polar surface area (TPSA) is 105 Å². The van der Waals surface area contributed by atoms with E-state index in [9.17, 15) is 19.5 Å². The molecule has 0 bridgehead atoms. The van der Waals surface area contributed by atoms with E-state index in [-0.39, 0.29) is 26.1 Å². The third-order valence-corrected chi connectivity index (χ3v) is 3.98. The minimum Gasteiger partial charge on any atom is -0.481 e. The molecule has 0 aromatic heterocycles. The lowest BCUT2D eigenvalue weighted by atomic mass is 9.94. The Balaban J connectivity index is 1.97. The van der Waals surface area contributed by atoms with Crippen molar-refractivity contribution in [1.82, 2.24) is 10.2 Å². The molecule has 0 spiro atoms. The predicted octanol–water partition coefficient (Wildman–Crippen LogP) is 2.62. The van der Waals surface area contributed by atoms with Crippen molar-refractivity contribution < 1.29 is 29.0 Å². The fourth-order valence-corrected chi connectivity index (χ4v) is 2.82. The first-order chi connectivity index (χ1) is 12.6. The lowest BCUT2D eigenvalue weighted by molar-refractivity contribution is -0.143. The number of aliphatic carboxylic acids is 1. The Kier molecular flexibility index (Phi) is 6.65. The van der Waals surface area contributed by atoms with Gasteiger partial charge < -0.3 is 24.8 Å². The van der Waals surface area contributed by atoms with Crippen LogP contribution in [0.25, 0.3) is 0 Å². The number of alkyl carbamates (subject to hydrolysis) is 1. The molecule has 1 aromatic carbocycles. The van der Waals surface area contributed by atoms with E-state index < -0.39 is 35.7 Å². The van der Waals surface area contributed by atoms with Crippen LogP contribution in [0.3, 0.4) is 0 Å². The van der Waals surface area contributed by atoms with Gasteiger partial charge in [-0.25, -0.2) is 9.59 Å². The van der Waals surface area contributed by atoms with E-state index in [4.69, 9.17) is 9.47 Å². The SMILES string of the molecule is CC(C)(C)OC(=O)N[C@H]1C[C@@H](C(=O)O)CN(C(=O)OCc2ccccc2)C1. The van der Waals surface area contributed by atoms with Gasteiger partial charge in [0.05, 0.1) is 12.0 Å². The van der Waals surface area contributed by atoms with Crippen molar-refractivity contribution in [3.8, 4) is 0 Å². The molecule has 2 atom stereocenters. The standard InChI is InChI=1S/C19H26N2O6/c1-19(2,3)27-17(24)20-15-9-14(16(22)23)10-21(11-15)18(25)26-12-13-7-5-4-6-8-13/h4-8,14-15H,9-12H2,1-3H3,(H,20,24)(H,22,23)/t14-,15+/m1/s1. The molecule has 0 unspecified atom stereocenters. The lowest BCUT2D eigenvalue weighted by Gasteiger charge is -2.36. The molecule has 0 radical (unpaired) electrons. The highest BCUT2D eigenvalue weighted by molar-refractivity contribution is 5.74. The van der Waals surface area contributed by atoms with Gasteiger partial charge in [-0.15, -0.1) is 0 Å². The summed E-state index contributed by atoms with van der Waals surface area (Å²) in [4.78, 5) is 37.1. The maximum atomic E-state index is 12.4. The number of carbonyl (C=O) groups excluding carboxylic acids is 2. The van der Waals surface area contributed by atoms with Gasteiger partial charge in [0, 0.05) is 13.1 Å². The van der Waals surface area contributed by atoms with Crippen molar-refractivity contribution in [2.24, 2.45) is 5.92 Å². The van der Waals surface area contributed by atoms with Crippen LogP contribution in [0.2, 0.25) is 0 Å². The van der Waals surface area contributed by atoms with Crippen LogP contribution in [-0.2, 0) is 20.9 Å². The first kappa shape index (κ1) is 20.5. The number of piperidine rings is 1. The van der Waals surface area contributed by atoms with Crippen LogP contribution in [0.15, 0.2) is 30.3 Å². The van der Waals surface area contributed by atoms with Crippen LogP contribution < -0.4 is 5.32 Å². The number of carboxylic acid groups (broad SMARTS) is 1. The number of carboxylic acids is 1. The van der Waals surface area contributed by atoms with Crippen molar-refractivity contribution in [3.63, 3.8) is 0 Å². The number of amides is 2. The molecule has 8 nitrogen and oxygen atoms in total. The number of ether oxygens (including phenoxy) is 2. The molecule has 0 saturated carbocycles. The predicted molar refractivity (Wildman–Crippen MR) is 97.1 cm³/mol. The molecule has 2 rings (SSSR count). The van der Waals surface area contributed by atoms with Crippen LogP contribution in [0.4, 0.5) is 9.59 Å². The molecule has 148 valence electrons. The average Bonchev–Trinajstić information content (AvgIpc) is 2.58. The van der Waals surface area contributed by atoms with Crippen molar-refractivity contribution in [2.45, 2.75) is 45.4 Å². The van der Waals surface area contributed by atoms with Gasteiger partial charge in [0.25, 0.3) is 0 Å². The Labute approximate surface area is 158 Å². The molecule has 1 saturated heterocycles. The summed E-state index contributed by atoms with van der Waals surface area (Å²) in [5.74, 6) is -1.81. The number of carbonyl (C=O) groups is 3. The Bertz CT molecular complexity index is 671. The van der Waals surface area contributed by atoms with Crippen LogP contribution >= 0.6 is 0 Å². The highest BCUT2D eigenvalue weighted by Crippen LogP contribution is 2.19. The fraction of sp³-hybridized carbons (Fsp3) is 0.526. The van der Waals surface area contributed by atoms with Gasteiger partial charge in [-0.3, -0.25) is 4.79 Å². The van der Waals surface area contributed by atoms with Gasteiger partial charge in [0.1, 0.15) is 12.2 Å². The van der Waals surface area contributed by atoms with Crippen LogP contribution in [0, 0.1) is 5.92 Å². The minimum atomic E-state index is -1.02. The smallest absolute Gasteiger partial charge is 0.410 e. The largest absolute Gasteiger partial charge is 0.481 e. The second-order valence-corrected chi connectivity index (χ2v) is 7.56. The van der Waals surface area contributed by atoms with E-state index in [1.54, 1.807) is 20.8 Å². The highest BCUT2D eigenvalue weighted by atomic mass is 16.6. The van der Waals surface area contributed by atoms with Crippen LogP contribution in [0.1, 0.15) is 32.8 Å². The zero-order valence-corrected chi connectivity index (χ0v) is 15.8. The van der Waals surface area contributed by atoms with E-state index in [1.165, 1.54) is 4.90 Å². The summed E-state index contributed by atoms with van der Waals surface area (Å²) in [5, 5.41) is 12.0. The molecular formula is C19H26N2O6. The maximum absolute atomic E-state index is 12.4. The Morgan fingerprint density at radius 2 is 1.85 bits per heavy atom. The molecule has 1 aliphatic rings. The average molecular weight is 378 g/mol. The lowest BCUT2D eigenvalue weighted by Crippen LogP contribution is -2.54. The van der Waals surface area contributed by atoms with E-state index in [1.807, 2.05) is 30.3 Å². The molecule has 8 heteroatoms. The molecular weight excluding hydrogens is 352 g/mol. The summed E-state index contributed by atoms with van der Waals surface area (Å²) >= 11 is 0. The number of hydrogen-bond acceptors (Lipinski definition) is 5. The zero-order valence-electron chi connectivity index (χ0n) is 15.8. The maximum Gasteiger partial charge on any atom is 0.410 e. The summed E-state index contributed by atoms with van der Waals surface area (Å²) in [6.07, 6.45) is -1.03. The first-order valence-corrected chi connectivity index (χ1v) is 8.82. The second-order valence-electron chi connectivity index (χ2n) is 7.56. The zero-order chi connectivity index (χ0) is 20.0.